The maximum absolute atomic E-state index is 13.5. The molecule has 2 unspecified atom stereocenters. The third-order valence-electron chi connectivity index (χ3n) is 5.53. The first-order chi connectivity index (χ1) is 15.3. The van der Waals surface area contributed by atoms with Crippen LogP contribution in [-0.2, 0) is 9.84 Å². The minimum absolute atomic E-state index is 0.0648. The van der Waals surface area contributed by atoms with Crippen molar-refractivity contribution in [1.29, 1.82) is 0 Å². The number of piperidine rings is 1. The fraction of sp³-hybridized carbons (Fsp3) is 0.375. The Balaban J connectivity index is 1.80. The predicted molar refractivity (Wildman–Crippen MR) is 125 cm³/mol. The summed E-state index contributed by atoms with van der Waals surface area (Å²) in [5.74, 6) is 2.13. The molecule has 3 aromatic rings. The van der Waals surface area contributed by atoms with E-state index < -0.39 is 9.84 Å². The summed E-state index contributed by atoms with van der Waals surface area (Å²) in [6.45, 7) is 8.25. The van der Waals surface area contributed by atoms with Gasteiger partial charge in [-0.1, -0.05) is 25.4 Å². The van der Waals surface area contributed by atoms with Crippen molar-refractivity contribution in [2.75, 3.05) is 24.6 Å². The van der Waals surface area contributed by atoms with Gasteiger partial charge in [0, 0.05) is 23.7 Å². The van der Waals surface area contributed by atoms with E-state index in [-0.39, 0.29) is 15.8 Å². The van der Waals surface area contributed by atoms with Crippen LogP contribution in [-0.4, -0.2) is 33.1 Å². The number of halogens is 1. The molecule has 0 bridgehead atoms. The lowest BCUT2D eigenvalue weighted by Gasteiger charge is -2.34. The molecule has 1 saturated heterocycles. The van der Waals surface area contributed by atoms with E-state index in [1.54, 1.807) is 12.1 Å². The second-order valence-corrected chi connectivity index (χ2v) is 10.7. The maximum Gasteiger partial charge on any atom is 0.236 e. The molecule has 2 aromatic carbocycles. The molecular weight excluding hydrogens is 448 g/mol. The zero-order chi connectivity index (χ0) is 22.9. The van der Waals surface area contributed by atoms with Crippen molar-refractivity contribution in [3.8, 4) is 17.2 Å². The molecule has 1 aliphatic rings. The normalized spacial score (nSPS) is 19.2. The van der Waals surface area contributed by atoms with Gasteiger partial charge in [0.15, 0.2) is 0 Å². The minimum atomic E-state index is -3.90. The topological polar surface area (TPSA) is 72.6 Å². The number of rotatable bonds is 6. The maximum atomic E-state index is 13.5. The molecular formula is C24H27ClN2O4S. The molecule has 0 radical (unpaired) electrons. The number of benzene rings is 2. The Morgan fingerprint density at radius 1 is 1.06 bits per heavy atom. The van der Waals surface area contributed by atoms with E-state index in [9.17, 15) is 8.42 Å². The van der Waals surface area contributed by atoms with Crippen LogP contribution in [0.4, 0.5) is 5.88 Å². The molecule has 32 heavy (non-hydrogen) atoms. The van der Waals surface area contributed by atoms with Gasteiger partial charge in [-0.05, 0) is 73.7 Å². The summed E-state index contributed by atoms with van der Waals surface area (Å²) in [4.78, 5) is 6.62. The van der Waals surface area contributed by atoms with Crippen LogP contribution in [0.5, 0.6) is 5.75 Å². The lowest BCUT2D eigenvalue weighted by molar-refractivity contribution is 0.340. The predicted octanol–water partition coefficient (Wildman–Crippen LogP) is 5.71. The van der Waals surface area contributed by atoms with Gasteiger partial charge in [0.1, 0.15) is 5.75 Å². The number of anilines is 1. The second-order valence-electron chi connectivity index (χ2n) is 8.40. The van der Waals surface area contributed by atoms with E-state index in [0.29, 0.717) is 48.0 Å². The number of aromatic nitrogens is 1. The van der Waals surface area contributed by atoms with E-state index in [0.717, 1.165) is 12.2 Å². The minimum Gasteiger partial charge on any atom is -0.494 e. The van der Waals surface area contributed by atoms with Crippen LogP contribution in [0, 0.1) is 11.8 Å². The fourth-order valence-electron chi connectivity index (χ4n) is 4.21. The van der Waals surface area contributed by atoms with Gasteiger partial charge in [0.25, 0.3) is 0 Å². The molecule has 1 aromatic heterocycles. The van der Waals surface area contributed by atoms with Crippen molar-refractivity contribution < 1.29 is 17.6 Å². The van der Waals surface area contributed by atoms with Crippen molar-refractivity contribution in [2.24, 2.45) is 11.8 Å². The van der Waals surface area contributed by atoms with E-state index in [2.05, 4.69) is 18.8 Å². The van der Waals surface area contributed by atoms with Crippen LogP contribution >= 0.6 is 11.6 Å². The van der Waals surface area contributed by atoms with Crippen LogP contribution in [0.25, 0.3) is 11.5 Å². The van der Waals surface area contributed by atoms with Crippen molar-refractivity contribution in [2.45, 2.75) is 37.1 Å². The SMILES string of the molecule is CCOc1ccc(-c2nc(S(=O)(=O)c3ccc(Cl)cc3)c(N3CC(C)CC(C)C3)o2)cc1. The molecule has 1 fully saturated rings. The average molecular weight is 475 g/mol. The number of nitrogens with zero attached hydrogens (tertiary/aromatic N) is 2. The summed E-state index contributed by atoms with van der Waals surface area (Å²) in [5.41, 5.74) is 0.686. The van der Waals surface area contributed by atoms with Gasteiger partial charge in [-0.15, -0.1) is 0 Å². The van der Waals surface area contributed by atoms with Crippen LogP contribution < -0.4 is 9.64 Å². The number of hydrogen-bond donors (Lipinski definition) is 0. The number of oxazole rings is 1. The Labute approximate surface area is 194 Å². The van der Waals surface area contributed by atoms with Crippen LogP contribution in [0.3, 0.4) is 0 Å². The summed E-state index contributed by atoms with van der Waals surface area (Å²) in [6.07, 6.45) is 1.09. The second kappa shape index (κ2) is 9.16. The highest BCUT2D eigenvalue weighted by Crippen LogP contribution is 2.37. The van der Waals surface area contributed by atoms with Crippen molar-refractivity contribution >= 4 is 27.3 Å². The first-order valence-corrected chi connectivity index (χ1v) is 12.6. The van der Waals surface area contributed by atoms with E-state index >= 15 is 0 Å². The number of ether oxygens (including phenoxy) is 1. The summed E-state index contributed by atoms with van der Waals surface area (Å²) in [6, 6.07) is 13.4. The Morgan fingerprint density at radius 3 is 2.28 bits per heavy atom. The van der Waals surface area contributed by atoms with Crippen molar-refractivity contribution in [3.05, 3.63) is 53.6 Å². The lowest BCUT2D eigenvalue weighted by atomic mass is 9.92. The van der Waals surface area contributed by atoms with Gasteiger partial charge >= 0.3 is 0 Å². The molecule has 6 nitrogen and oxygen atoms in total. The van der Waals surface area contributed by atoms with Crippen LogP contribution in [0.1, 0.15) is 27.2 Å². The molecule has 2 heterocycles. The molecule has 0 spiro atoms. The molecule has 170 valence electrons. The zero-order valence-electron chi connectivity index (χ0n) is 18.4. The summed E-state index contributed by atoms with van der Waals surface area (Å²) in [5, 5.41) is 0.406. The molecule has 0 N–H and O–H groups in total. The van der Waals surface area contributed by atoms with Gasteiger partial charge in [0.05, 0.1) is 11.5 Å². The molecule has 0 saturated carbocycles. The Hall–Kier alpha value is -2.51. The van der Waals surface area contributed by atoms with E-state index in [1.807, 2.05) is 36.1 Å². The lowest BCUT2D eigenvalue weighted by Crippen LogP contribution is -2.39. The summed E-state index contributed by atoms with van der Waals surface area (Å²) in [7, 11) is -3.90. The number of sulfone groups is 1. The quantitative estimate of drug-likeness (QED) is 0.455. The van der Waals surface area contributed by atoms with Gasteiger partial charge in [0.2, 0.25) is 26.6 Å². The van der Waals surface area contributed by atoms with Crippen LogP contribution in [0.15, 0.2) is 62.9 Å². The Kier molecular flexibility index (Phi) is 6.49. The molecule has 1 aliphatic heterocycles. The highest BCUT2D eigenvalue weighted by atomic mass is 35.5. The first kappa shape index (κ1) is 22.7. The number of hydrogen-bond acceptors (Lipinski definition) is 6. The Morgan fingerprint density at radius 2 is 1.69 bits per heavy atom. The molecule has 4 rings (SSSR count). The van der Waals surface area contributed by atoms with Gasteiger partial charge in [-0.2, -0.15) is 4.98 Å². The first-order valence-electron chi connectivity index (χ1n) is 10.8. The molecule has 0 aliphatic carbocycles. The van der Waals surface area contributed by atoms with Gasteiger partial charge < -0.3 is 14.1 Å². The largest absolute Gasteiger partial charge is 0.494 e. The highest BCUT2D eigenvalue weighted by molar-refractivity contribution is 7.91. The smallest absolute Gasteiger partial charge is 0.236 e. The van der Waals surface area contributed by atoms with Crippen molar-refractivity contribution in [1.82, 2.24) is 4.98 Å². The third-order valence-corrected chi connectivity index (χ3v) is 7.45. The van der Waals surface area contributed by atoms with E-state index in [1.165, 1.54) is 12.1 Å². The molecule has 0 amide bonds. The summed E-state index contributed by atoms with van der Waals surface area (Å²) >= 11 is 5.96. The van der Waals surface area contributed by atoms with Gasteiger partial charge in [-0.25, -0.2) is 8.42 Å². The molecule has 2 atom stereocenters. The zero-order valence-corrected chi connectivity index (χ0v) is 20.0. The summed E-state index contributed by atoms with van der Waals surface area (Å²) < 4.78 is 38.7. The monoisotopic (exact) mass is 474 g/mol. The standard InChI is InChI=1S/C24H27ClN2O4S/c1-4-30-20-9-5-18(6-10-20)22-26-23(32(28,29)21-11-7-19(25)8-12-21)24(31-22)27-14-16(2)13-17(3)15-27/h5-12,16-17H,4,13-15H2,1-3H3. The third kappa shape index (κ3) is 4.64. The van der Waals surface area contributed by atoms with Crippen LogP contribution in [0.2, 0.25) is 5.02 Å². The van der Waals surface area contributed by atoms with Gasteiger partial charge in [-0.3, -0.25) is 0 Å². The Bertz CT molecular complexity index is 1160. The van der Waals surface area contributed by atoms with E-state index in [4.69, 9.17) is 20.8 Å². The molecule has 8 heteroatoms. The fourth-order valence-corrected chi connectivity index (χ4v) is 5.66. The van der Waals surface area contributed by atoms with Crippen molar-refractivity contribution in [3.63, 3.8) is 0 Å². The highest BCUT2D eigenvalue weighted by Gasteiger charge is 2.34. The average Bonchev–Trinajstić information content (AvgIpc) is 3.21.